The Bertz CT molecular complexity index is 1000. The molecule has 1 aliphatic heterocycles. The number of nitrogens with one attached hydrogen (secondary N) is 1. The Hall–Kier alpha value is -2.30. The smallest absolute Gasteiger partial charge is 0.326 e. The fraction of sp³-hybridized carbons (Fsp3) is 0.600. The number of hydrogen-bond donors (Lipinski definition) is 2. The van der Waals surface area contributed by atoms with Crippen molar-refractivity contribution in [2.75, 3.05) is 0 Å². The molecule has 7 rings (SSSR count). The number of carbonyl (C=O) groups is 2. The fourth-order valence-corrected chi connectivity index (χ4v) is 8.17. The van der Waals surface area contributed by atoms with E-state index in [1.807, 2.05) is 12.1 Å². The molecule has 4 bridgehead atoms. The van der Waals surface area contributed by atoms with E-state index >= 15 is 0 Å². The molecule has 2 N–H and O–H groups in total. The third-order valence-corrected chi connectivity index (χ3v) is 8.69. The molecule has 5 aliphatic rings. The average molecular weight is 407 g/mol. The molecule has 0 spiro atoms. The summed E-state index contributed by atoms with van der Waals surface area (Å²) in [5.74, 6) is 1.49. The first-order valence-corrected chi connectivity index (χ1v) is 11.5. The van der Waals surface area contributed by atoms with Gasteiger partial charge in [0.05, 0.1) is 6.04 Å². The number of fused-ring (bicyclic) bond motifs is 3. The summed E-state index contributed by atoms with van der Waals surface area (Å²) >= 11 is 0. The Kier molecular flexibility index (Phi) is 3.91. The molecule has 2 unspecified atom stereocenters. The lowest BCUT2D eigenvalue weighted by atomic mass is 9.48. The van der Waals surface area contributed by atoms with Gasteiger partial charge < -0.3 is 15.0 Å². The van der Waals surface area contributed by atoms with Crippen LogP contribution in [0.25, 0.3) is 10.9 Å². The number of para-hydroxylation sites is 1. The molecular formula is C25H30N2O3. The van der Waals surface area contributed by atoms with Crippen molar-refractivity contribution in [3.8, 4) is 0 Å². The van der Waals surface area contributed by atoms with Gasteiger partial charge in [0, 0.05) is 29.9 Å². The van der Waals surface area contributed by atoms with E-state index < -0.39 is 12.0 Å². The van der Waals surface area contributed by atoms with Crippen LogP contribution < -0.4 is 0 Å². The zero-order valence-corrected chi connectivity index (χ0v) is 17.6. The number of aliphatic carboxylic acids is 1. The first-order valence-electron chi connectivity index (χ1n) is 11.5. The van der Waals surface area contributed by atoms with Crippen LogP contribution in [-0.4, -0.2) is 32.9 Å². The monoisotopic (exact) mass is 406 g/mol. The number of benzene rings is 1. The third kappa shape index (κ3) is 2.67. The Labute approximate surface area is 176 Å². The number of carbonyl (C=O) groups excluding carboxylic acids is 1. The molecule has 2 atom stereocenters. The molecule has 4 saturated carbocycles. The molecule has 2 heterocycles. The van der Waals surface area contributed by atoms with Crippen molar-refractivity contribution in [1.82, 2.24) is 9.88 Å². The quantitative estimate of drug-likeness (QED) is 0.778. The number of hydrogen-bond acceptors (Lipinski definition) is 2. The molecule has 1 aromatic heterocycles. The van der Waals surface area contributed by atoms with E-state index in [1.165, 1.54) is 45.4 Å². The van der Waals surface area contributed by atoms with Gasteiger partial charge in [-0.1, -0.05) is 18.2 Å². The summed E-state index contributed by atoms with van der Waals surface area (Å²) in [7, 11) is 0. The third-order valence-electron chi connectivity index (χ3n) is 8.69. The van der Waals surface area contributed by atoms with E-state index in [0.29, 0.717) is 6.42 Å². The minimum absolute atomic E-state index is 0.124. The predicted molar refractivity (Wildman–Crippen MR) is 114 cm³/mol. The highest BCUT2D eigenvalue weighted by atomic mass is 16.4. The van der Waals surface area contributed by atoms with Crippen molar-refractivity contribution in [2.24, 2.45) is 23.2 Å². The Balaban J connectivity index is 1.46. The summed E-state index contributed by atoms with van der Waals surface area (Å²) in [5.41, 5.74) is 3.50. The summed E-state index contributed by atoms with van der Waals surface area (Å²) in [4.78, 5) is 30.3. The maximum absolute atomic E-state index is 12.8. The van der Waals surface area contributed by atoms with Crippen LogP contribution in [0.1, 0.15) is 69.2 Å². The van der Waals surface area contributed by atoms with Gasteiger partial charge in [-0.2, -0.15) is 0 Å². The van der Waals surface area contributed by atoms with Gasteiger partial charge in [-0.15, -0.1) is 0 Å². The zero-order chi connectivity index (χ0) is 20.6. The van der Waals surface area contributed by atoms with Crippen molar-refractivity contribution in [3.05, 3.63) is 35.5 Å². The Morgan fingerprint density at radius 1 is 1.10 bits per heavy atom. The van der Waals surface area contributed by atoms with Gasteiger partial charge in [-0.05, 0) is 79.7 Å². The minimum Gasteiger partial charge on any atom is -0.480 e. The van der Waals surface area contributed by atoms with Gasteiger partial charge in [-0.3, -0.25) is 4.79 Å². The minimum atomic E-state index is -0.892. The molecule has 4 fully saturated rings. The van der Waals surface area contributed by atoms with Crippen molar-refractivity contribution in [1.29, 1.82) is 0 Å². The van der Waals surface area contributed by atoms with Gasteiger partial charge in [0.25, 0.3) is 0 Å². The van der Waals surface area contributed by atoms with E-state index in [2.05, 4.69) is 17.1 Å². The first kappa shape index (κ1) is 18.5. The largest absolute Gasteiger partial charge is 0.480 e. The molecule has 1 amide bonds. The number of carboxylic acid groups (broad SMARTS) is 1. The van der Waals surface area contributed by atoms with Gasteiger partial charge >= 0.3 is 5.97 Å². The van der Waals surface area contributed by atoms with Crippen LogP contribution in [0.3, 0.4) is 0 Å². The van der Waals surface area contributed by atoms with Crippen molar-refractivity contribution in [3.63, 3.8) is 0 Å². The Morgan fingerprint density at radius 3 is 2.33 bits per heavy atom. The first-order chi connectivity index (χ1) is 14.4. The maximum Gasteiger partial charge on any atom is 0.326 e. The molecular weight excluding hydrogens is 376 g/mol. The highest BCUT2D eigenvalue weighted by Gasteiger charge is 2.53. The van der Waals surface area contributed by atoms with Gasteiger partial charge in [-0.25, -0.2) is 4.79 Å². The molecule has 0 radical (unpaired) electrons. The van der Waals surface area contributed by atoms with Gasteiger partial charge in [0.1, 0.15) is 6.04 Å². The highest BCUT2D eigenvalue weighted by Crippen LogP contribution is 2.63. The standard InChI is InChI=1S/C25H30N2O3/c1-14(28)27-21(24(29)30)9-19-18-4-2-3-5-20(18)26-23(19)22(27)13-25-10-15-6-16(11-25)8-17(7-15)12-25/h2-5,15-17,21-22,26H,6-13H2,1H3,(H,29,30). The number of H-pyrrole nitrogens is 1. The number of nitrogens with zero attached hydrogens (tertiary/aromatic N) is 1. The topological polar surface area (TPSA) is 73.4 Å². The fourth-order valence-electron chi connectivity index (χ4n) is 8.17. The second kappa shape index (κ2) is 6.35. The van der Waals surface area contributed by atoms with Gasteiger partial charge in [0.15, 0.2) is 0 Å². The van der Waals surface area contributed by atoms with Crippen molar-refractivity contribution >= 4 is 22.8 Å². The molecule has 2 aromatic rings. The second-order valence-corrected chi connectivity index (χ2v) is 10.7. The zero-order valence-electron chi connectivity index (χ0n) is 17.6. The van der Waals surface area contributed by atoms with Crippen LogP contribution in [0.5, 0.6) is 0 Å². The lowest BCUT2D eigenvalue weighted by molar-refractivity contribution is -0.154. The molecule has 0 saturated heterocycles. The molecule has 5 heteroatoms. The SMILES string of the molecule is CC(=O)N1C(C(=O)O)Cc2c([nH]c3ccccc23)C1CC12CC3CC(CC(C3)C1)C2. The molecule has 158 valence electrons. The van der Waals surface area contributed by atoms with Crippen LogP contribution in [-0.2, 0) is 16.0 Å². The number of aromatic amines is 1. The van der Waals surface area contributed by atoms with E-state index in [-0.39, 0.29) is 17.4 Å². The Morgan fingerprint density at radius 2 is 1.73 bits per heavy atom. The van der Waals surface area contributed by atoms with Crippen LogP contribution >= 0.6 is 0 Å². The number of amides is 1. The maximum atomic E-state index is 12.8. The summed E-state index contributed by atoms with van der Waals surface area (Å²) in [6, 6.07) is 7.20. The molecule has 4 aliphatic carbocycles. The highest BCUT2D eigenvalue weighted by molar-refractivity contribution is 5.89. The average Bonchev–Trinajstić information content (AvgIpc) is 3.05. The van der Waals surface area contributed by atoms with E-state index in [1.54, 1.807) is 4.90 Å². The number of carboxylic acids is 1. The summed E-state index contributed by atoms with van der Waals surface area (Å²) in [6.07, 6.45) is 9.21. The van der Waals surface area contributed by atoms with Crippen molar-refractivity contribution < 1.29 is 14.7 Å². The second-order valence-electron chi connectivity index (χ2n) is 10.7. The number of aromatic nitrogens is 1. The lowest BCUT2D eigenvalue weighted by Gasteiger charge is -2.58. The summed E-state index contributed by atoms with van der Waals surface area (Å²) in [5, 5.41) is 11.1. The predicted octanol–water partition coefficient (Wildman–Crippen LogP) is 4.67. The van der Waals surface area contributed by atoms with Crippen LogP contribution in [0, 0.1) is 23.2 Å². The molecule has 5 nitrogen and oxygen atoms in total. The summed E-state index contributed by atoms with van der Waals surface area (Å²) in [6.45, 7) is 1.54. The van der Waals surface area contributed by atoms with Crippen LogP contribution in [0.4, 0.5) is 0 Å². The normalized spacial score (nSPS) is 36.8. The lowest BCUT2D eigenvalue weighted by Crippen LogP contribution is -2.53. The molecule has 1 aromatic carbocycles. The van der Waals surface area contributed by atoms with Crippen LogP contribution in [0.2, 0.25) is 0 Å². The van der Waals surface area contributed by atoms with E-state index in [4.69, 9.17) is 0 Å². The van der Waals surface area contributed by atoms with E-state index in [0.717, 1.165) is 46.3 Å². The molecule has 30 heavy (non-hydrogen) atoms. The van der Waals surface area contributed by atoms with Crippen molar-refractivity contribution in [2.45, 2.75) is 70.4 Å². The van der Waals surface area contributed by atoms with Crippen LogP contribution in [0.15, 0.2) is 24.3 Å². The van der Waals surface area contributed by atoms with Gasteiger partial charge in [0.2, 0.25) is 5.91 Å². The summed E-state index contributed by atoms with van der Waals surface area (Å²) < 4.78 is 0. The number of rotatable bonds is 3. The van der Waals surface area contributed by atoms with E-state index in [9.17, 15) is 14.7 Å².